The van der Waals surface area contributed by atoms with Gasteiger partial charge in [0, 0.05) is 18.3 Å². The minimum Gasteiger partial charge on any atom is -0.444 e. The van der Waals surface area contributed by atoms with Gasteiger partial charge in [-0.25, -0.2) is 4.79 Å². The molecule has 0 radical (unpaired) electrons. The Morgan fingerprint density at radius 3 is 2.40 bits per heavy atom. The Bertz CT molecular complexity index is 1040. The monoisotopic (exact) mass is 492 g/mol. The molecule has 1 atom stereocenters. The first-order valence-corrected chi connectivity index (χ1v) is 11.5. The standard InChI is InChI=1S/C25H32BF3N2O4/c1-23(2,3)34-22(32)31-19(11-8-16-6-9-17(10-7-16)25(27,28)29)15-30-18-12-13-20-21(14-18)26(33)35-24(20,4)5/h6-7,9-10,12-14,19,30,33H,8,11,15H2,1-5H3,(H,31,32). The van der Waals surface area contributed by atoms with Crippen LogP contribution in [0, 0.1) is 0 Å². The summed E-state index contributed by atoms with van der Waals surface area (Å²) in [6, 6.07) is 10.2. The van der Waals surface area contributed by atoms with E-state index in [1.165, 1.54) is 12.1 Å². The van der Waals surface area contributed by atoms with Crippen molar-refractivity contribution in [1.29, 1.82) is 0 Å². The smallest absolute Gasteiger partial charge is 0.444 e. The van der Waals surface area contributed by atoms with E-state index in [0.29, 0.717) is 24.8 Å². The molecule has 0 saturated heterocycles. The summed E-state index contributed by atoms with van der Waals surface area (Å²) in [7, 11) is -1.02. The lowest BCUT2D eigenvalue weighted by Gasteiger charge is -2.24. The average Bonchev–Trinajstić information content (AvgIpc) is 2.96. The second-order valence-electron chi connectivity index (χ2n) is 10.2. The highest BCUT2D eigenvalue weighted by molar-refractivity contribution is 6.62. The predicted molar refractivity (Wildman–Crippen MR) is 130 cm³/mol. The first-order valence-electron chi connectivity index (χ1n) is 11.5. The van der Waals surface area contributed by atoms with E-state index in [1.807, 2.05) is 32.0 Å². The van der Waals surface area contributed by atoms with E-state index < -0.39 is 36.2 Å². The maximum absolute atomic E-state index is 12.8. The minimum absolute atomic E-state index is 0.346. The molecule has 1 amide bonds. The highest BCUT2D eigenvalue weighted by Crippen LogP contribution is 2.31. The van der Waals surface area contributed by atoms with Gasteiger partial charge in [-0.05, 0) is 88.3 Å². The van der Waals surface area contributed by atoms with Crippen LogP contribution in [0.3, 0.4) is 0 Å². The molecular weight excluding hydrogens is 460 g/mol. The lowest BCUT2D eigenvalue weighted by molar-refractivity contribution is -0.137. The fourth-order valence-corrected chi connectivity index (χ4v) is 3.97. The van der Waals surface area contributed by atoms with Crippen LogP contribution in [0.15, 0.2) is 42.5 Å². The summed E-state index contributed by atoms with van der Waals surface area (Å²) in [4.78, 5) is 12.4. The van der Waals surface area contributed by atoms with E-state index in [0.717, 1.165) is 28.9 Å². The van der Waals surface area contributed by atoms with Crippen molar-refractivity contribution in [3.05, 3.63) is 59.2 Å². The van der Waals surface area contributed by atoms with Crippen LogP contribution in [-0.4, -0.2) is 36.4 Å². The van der Waals surface area contributed by atoms with Crippen LogP contribution in [0.2, 0.25) is 0 Å². The molecule has 1 aliphatic heterocycles. The summed E-state index contributed by atoms with van der Waals surface area (Å²) in [6.07, 6.45) is -4.02. The van der Waals surface area contributed by atoms with Gasteiger partial charge in [-0.15, -0.1) is 0 Å². The molecule has 3 rings (SSSR count). The molecule has 190 valence electrons. The van der Waals surface area contributed by atoms with Gasteiger partial charge in [0.15, 0.2) is 0 Å². The number of carbonyl (C=O) groups is 1. The van der Waals surface area contributed by atoms with E-state index in [4.69, 9.17) is 9.39 Å². The first-order chi connectivity index (χ1) is 16.1. The number of anilines is 1. The third-order valence-corrected chi connectivity index (χ3v) is 5.71. The molecule has 0 aliphatic carbocycles. The van der Waals surface area contributed by atoms with E-state index in [-0.39, 0.29) is 6.04 Å². The maximum Gasteiger partial charge on any atom is 0.492 e. The zero-order valence-electron chi connectivity index (χ0n) is 20.6. The maximum atomic E-state index is 12.8. The van der Waals surface area contributed by atoms with Gasteiger partial charge in [0.1, 0.15) is 5.60 Å². The summed E-state index contributed by atoms with van der Waals surface area (Å²) in [5.74, 6) is 0. The van der Waals surface area contributed by atoms with Crippen molar-refractivity contribution in [3.63, 3.8) is 0 Å². The van der Waals surface area contributed by atoms with Crippen molar-refractivity contribution in [1.82, 2.24) is 5.32 Å². The van der Waals surface area contributed by atoms with Gasteiger partial charge in [-0.1, -0.05) is 18.2 Å². The Morgan fingerprint density at radius 1 is 1.14 bits per heavy atom. The molecule has 10 heteroatoms. The number of amides is 1. The molecule has 0 spiro atoms. The minimum atomic E-state index is -4.38. The summed E-state index contributed by atoms with van der Waals surface area (Å²) in [5, 5.41) is 16.3. The Balaban J connectivity index is 1.68. The number of aryl methyl sites for hydroxylation is 1. The lowest BCUT2D eigenvalue weighted by atomic mass is 9.78. The number of alkyl halides is 3. The predicted octanol–water partition coefficient (Wildman–Crippen LogP) is 4.60. The van der Waals surface area contributed by atoms with E-state index in [2.05, 4.69) is 10.6 Å². The van der Waals surface area contributed by atoms with Crippen molar-refractivity contribution in [2.75, 3.05) is 11.9 Å². The molecular formula is C25H32BF3N2O4. The third-order valence-electron chi connectivity index (χ3n) is 5.71. The number of hydrogen-bond donors (Lipinski definition) is 3. The molecule has 35 heavy (non-hydrogen) atoms. The Morgan fingerprint density at radius 2 is 1.80 bits per heavy atom. The number of halogens is 3. The number of alkyl carbamates (subject to hydrolysis) is 1. The molecule has 0 aromatic heterocycles. The summed E-state index contributed by atoms with van der Waals surface area (Å²) < 4.78 is 49.5. The molecule has 3 N–H and O–H groups in total. The number of hydrogen-bond acceptors (Lipinski definition) is 5. The SMILES string of the molecule is CC(C)(C)OC(=O)NC(CCc1ccc(C(F)(F)F)cc1)CNc1ccc2c(c1)B(O)OC2(C)C. The Hall–Kier alpha value is -2.72. The Labute approximate surface area is 204 Å². The van der Waals surface area contributed by atoms with Crippen molar-refractivity contribution < 1.29 is 32.4 Å². The van der Waals surface area contributed by atoms with Crippen LogP contribution < -0.4 is 16.1 Å². The van der Waals surface area contributed by atoms with Gasteiger partial charge in [0.2, 0.25) is 0 Å². The van der Waals surface area contributed by atoms with Crippen molar-refractivity contribution in [2.24, 2.45) is 0 Å². The molecule has 1 aliphatic rings. The van der Waals surface area contributed by atoms with Gasteiger partial charge in [0.25, 0.3) is 0 Å². The Kier molecular flexibility index (Phi) is 7.76. The lowest BCUT2D eigenvalue weighted by Crippen LogP contribution is -2.43. The van der Waals surface area contributed by atoms with Crippen LogP contribution >= 0.6 is 0 Å². The van der Waals surface area contributed by atoms with Gasteiger partial charge in [0.05, 0.1) is 11.2 Å². The summed E-state index contributed by atoms with van der Waals surface area (Å²) in [5.41, 5.74) is 1.11. The zero-order chi connectivity index (χ0) is 26.0. The fourth-order valence-electron chi connectivity index (χ4n) is 3.97. The van der Waals surface area contributed by atoms with Crippen LogP contribution in [0.25, 0.3) is 0 Å². The summed E-state index contributed by atoms with van der Waals surface area (Å²) in [6.45, 7) is 9.41. The third kappa shape index (κ3) is 7.38. The van der Waals surface area contributed by atoms with Gasteiger partial charge < -0.3 is 25.0 Å². The molecule has 0 saturated carbocycles. The van der Waals surface area contributed by atoms with Gasteiger partial charge in [-0.2, -0.15) is 13.2 Å². The number of rotatable bonds is 7. The average molecular weight is 492 g/mol. The number of benzene rings is 2. The van der Waals surface area contributed by atoms with E-state index in [1.54, 1.807) is 20.8 Å². The van der Waals surface area contributed by atoms with Crippen LogP contribution in [0.5, 0.6) is 0 Å². The van der Waals surface area contributed by atoms with Crippen molar-refractivity contribution in [2.45, 2.75) is 70.9 Å². The molecule has 1 unspecified atom stereocenters. The number of ether oxygens (including phenoxy) is 1. The molecule has 6 nitrogen and oxygen atoms in total. The first kappa shape index (κ1) is 26.9. The highest BCUT2D eigenvalue weighted by atomic mass is 19.4. The van der Waals surface area contributed by atoms with Gasteiger partial charge in [-0.3, -0.25) is 0 Å². The van der Waals surface area contributed by atoms with Gasteiger partial charge >= 0.3 is 19.4 Å². The van der Waals surface area contributed by atoms with Crippen molar-refractivity contribution in [3.8, 4) is 0 Å². The number of carbonyl (C=O) groups excluding carboxylic acids is 1. The summed E-state index contributed by atoms with van der Waals surface area (Å²) >= 11 is 0. The highest BCUT2D eigenvalue weighted by Gasteiger charge is 2.40. The van der Waals surface area contributed by atoms with E-state index in [9.17, 15) is 23.0 Å². The zero-order valence-corrected chi connectivity index (χ0v) is 20.6. The molecule has 2 aromatic carbocycles. The van der Waals surface area contributed by atoms with Crippen LogP contribution in [0.1, 0.15) is 57.7 Å². The molecule has 1 heterocycles. The van der Waals surface area contributed by atoms with E-state index >= 15 is 0 Å². The number of nitrogens with one attached hydrogen (secondary N) is 2. The van der Waals surface area contributed by atoms with Crippen LogP contribution in [-0.2, 0) is 27.6 Å². The van der Waals surface area contributed by atoms with Crippen molar-refractivity contribution >= 4 is 24.4 Å². The molecule has 0 fully saturated rings. The normalized spacial score (nSPS) is 16.0. The topological polar surface area (TPSA) is 79.8 Å². The quantitative estimate of drug-likeness (QED) is 0.493. The molecule has 0 bridgehead atoms. The second kappa shape index (κ2) is 10.1. The van der Waals surface area contributed by atoms with Crippen LogP contribution in [0.4, 0.5) is 23.7 Å². The molecule has 2 aromatic rings. The second-order valence-corrected chi connectivity index (χ2v) is 10.2. The fraction of sp³-hybridized carbons (Fsp3) is 0.480. The number of fused-ring (bicyclic) bond motifs is 1. The largest absolute Gasteiger partial charge is 0.492 e.